The van der Waals surface area contributed by atoms with E-state index in [1.54, 1.807) is 9.47 Å². The largest absolute Gasteiger partial charge is 0.357 e. The lowest BCUT2D eigenvalue weighted by Crippen LogP contribution is -2.35. The first kappa shape index (κ1) is 23.6. The molecule has 0 aliphatic carbocycles. The molecule has 2 aliphatic rings. The van der Waals surface area contributed by atoms with Gasteiger partial charge in [0.25, 0.3) is 11.5 Å². The number of thioether (sulfide) groups is 1. The van der Waals surface area contributed by atoms with E-state index in [-0.39, 0.29) is 17.0 Å². The topological polar surface area (TPSA) is 69.3 Å². The molecule has 3 heterocycles. The molecule has 0 atom stereocenters. The van der Waals surface area contributed by atoms with Crippen LogP contribution in [0.1, 0.15) is 69.1 Å². The summed E-state index contributed by atoms with van der Waals surface area (Å²) in [5, 5.41) is 9.76. The number of carbonyl (C=O) groups excluding carboxylic acids is 1. The molecule has 0 radical (unpaired) electrons. The number of thiocarbonyl (C=S) groups is 1. The van der Waals surface area contributed by atoms with Crippen molar-refractivity contribution in [1.29, 1.82) is 5.26 Å². The molecule has 1 amide bonds. The average molecular weight is 459 g/mol. The minimum atomic E-state index is -0.231. The number of rotatable bonds is 6. The highest BCUT2D eigenvalue weighted by molar-refractivity contribution is 8.26. The van der Waals surface area contributed by atoms with Crippen molar-refractivity contribution in [2.75, 3.05) is 24.5 Å². The molecule has 31 heavy (non-hydrogen) atoms. The molecule has 6 nitrogen and oxygen atoms in total. The maximum atomic E-state index is 13.3. The van der Waals surface area contributed by atoms with Gasteiger partial charge in [-0.1, -0.05) is 50.2 Å². The molecule has 0 aromatic carbocycles. The third-order valence-corrected chi connectivity index (χ3v) is 7.33. The average Bonchev–Trinajstić information content (AvgIpc) is 2.92. The van der Waals surface area contributed by atoms with Gasteiger partial charge in [-0.25, -0.2) is 0 Å². The predicted molar refractivity (Wildman–Crippen MR) is 131 cm³/mol. The van der Waals surface area contributed by atoms with Gasteiger partial charge in [0.1, 0.15) is 21.8 Å². The summed E-state index contributed by atoms with van der Waals surface area (Å²) in [6, 6.07) is 2.12. The van der Waals surface area contributed by atoms with Crippen molar-refractivity contribution >= 4 is 46.1 Å². The summed E-state index contributed by atoms with van der Waals surface area (Å²) in [4.78, 5) is 30.6. The van der Waals surface area contributed by atoms with Gasteiger partial charge in [0, 0.05) is 31.7 Å². The summed E-state index contributed by atoms with van der Waals surface area (Å²) in [6.45, 7) is 8.64. The van der Waals surface area contributed by atoms with Crippen molar-refractivity contribution in [2.45, 2.75) is 65.8 Å². The number of pyridine rings is 1. The zero-order valence-electron chi connectivity index (χ0n) is 18.6. The maximum absolute atomic E-state index is 13.3. The molecular weight excluding hydrogens is 428 g/mol. The number of nitriles is 1. The van der Waals surface area contributed by atoms with Crippen LogP contribution in [-0.4, -0.2) is 39.3 Å². The smallest absolute Gasteiger partial charge is 0.270 e. The van der Waals surface area contributed by atoms with Crippen molar-refractivity contribution in [3.05, 3.63) is 31.9 Å². The number of carbonyl (C=O) groups is 1. The fraction of sp³-hybridized carbons (Fsp3) is 0.565. The number of nitrogens with zero attached hydrogens (tertiary/aromatic N) is 4. The van der Waals surface area contributed by atoms with Crippen LogP contribution in [0.2, 0.25) is 0 Å². The van der Waals surface area contributed by atoms with E-state index in [1.165, 1.54) is 24.6 Å². The Morgan fingerprint density at radius 3 is 2.39 bits per heavy atom. The second-order valence-corrected chi connectivity index (χ2v) is 9.66. The quantitative estimate of drug-likeness (QED) is 0.464. The van der Waals surface area contributed by atoms with Crippen LogP contribution in [0.25, 0.3) is 6.08 Å². The van der Waals surface area contributed by atoms with Gasteiger partial charge in [-0.2, -0.15) is 5.26 Å². The van der Waals surface area contributed by atoms with Crippen molar-refractivity contribution in [3.8, 4) is 6.07 Å². The van der Waals surface area contributed by atoms with Crippen LogP contribution in [0, 0.1) is 18.3 Å². The zero-order chi connectivity index (χ0) is 22.5. The molecule has 0 saturated carbocycles. The fourth-order valence-corrected chi connectivity index (χ4v) is 5.56. The summed E-state index contributed by atoms with van der Waals surface area (Å²) in [6.07, 6.45) is 8.15. The van der Waals surface area contributed by atoms with Crippen molar-refractivity contribution in [3.63, 3.8) is 0 Å². The maximum Gasteiger partial charge on any atom is 0.270 e. The van der Waals surface area contributed by atoms with E-state index in [2.05, 4.69) is 17.9 Å². The van der Waals surface area contributed by atoms with Crippen LogP contribution in [0.5, 0.6) is 0 Å². The van der Waals surface area contributed by atoms with Crippen molar-refractivity contribution < 1.29 is 4.79 Å². The standard InChI is InChI=1S/C23H30N4O2S2/c1-4-6-13-27-20(25-11-9-7-8-10-12-25)17(16(3)18(15-24)21(27)28)14-19-22(29)26(5-2)23(30)31-19/h14H,4-13H2,1-3H3/b19-14-. The molecule has 3 rings (SSSR count). The van der Waals surface area contributed by atoms with Crippen molar-refractivity contribution in [2.24, 2.45) is 0 Å². The Bertz CT molecular complexity index is 998. The van der Waals surface area contributed by atoms with Gasteiger partial charge < -0.3 is 4.90 Å². The lowest BCUT2D eigenvalue weighted by Gasteiger charge is -2.29. The third kappa shape index (κ3) is 4.73. The molecule has 0 bridgehead atoms. The van der Waals surface area contributed by atoms with E-state index in [1.807, 2.05) is 19.9 Å². The molecule has 8 heteroatoms. The first-order valence-electron chi connectivity index (χ1n) is 11.1. The Labute approximate surface area is 193 Å². The third-order valence-electron chi connectivity index (χ3n) is 5.95. The van der Waals surface area contributed by atoms with Crippen LogP contribution >= 0.6 is 24.0 Å². The van der Waals surface area contributed by atoms with E-state index in [9.17, 15) is 14.9 Å². The number of anilines is 1. The molecule has 166 valence electrons. The highest BCUT2D eigenvalue weighted by atomic mass is 32.2. The number of hydrogen-bond acceptors (Lipinski definition) is 6. The van der Waals surface area contributed by atoms with Gasteiger partial charge >= 0.3 is 0 Å². The molecule has 0 N–H and O–H groups in total. The molecule has 0 spiro atoms. The van der Waals surface area contributed by atoms with E-state index in [0.29, 0.717) is 27.9 Å². The van der Waals surface area contributed by atoms with E-state index in [4.69, 9.17) is 12.2 Å². The Hall–Kier alpha value is -2.11. The lowest BCUT2D eigenvalue weighted by molar-refractivity contribution is -0.121. The highest BCUT2D eigenvalue weighted by Gasteiger charge is 2.32. The first-order chi connectivity index (χ1) is 14.9. The summed E-state index contributed by atoms with van der Waals surface area (Å²) >= 11 is 6.67. The first-order valence-corrected chi connectivity index (χ1v) is 12.3. The van der Waals surface area contributed by atoms with Crippen LogP contribution in [0.15, 0.2) is 9.70 Å². The summed E-state index contributed by atoms with van der Waals surface area (Å²) in [5.41, 5.74) is 1.37. The Balaban J connectivity index is 2.26. The molecule has 1 aromatic rings. The minimum Gasteiger partial charge on any atom is -0.357 e. The van der Waals surface area contributed by atoms with Gasteiger partial charge in [-0.15, -0.1) is 0 Å². The molecule has 2 fully saturated rings. The van der Waals surface area contributed by atoms with Crippen LogP contribution in [0.3, 0.4) is 0 Å². The molecule has 1 aromatic heterocycles. The van der Waals surface area contributed by atoms with Gasteiger partial charge in [0.05, 0.1) is 4.91 Å². The Morgan fingerprint density at radius 1 is 1.16 bits per heavy atom. The number of unbranched alkanes of at least 4 members (excludes halogenated alkanes) is 1. The summed E-state index contributed by atoms with van der Waals surface area (Å²) in [7, 11) is 0. The zero-order valence-corrected chi connectivity index (χ0v) is 20.2. The fourth-order valence-electron chi connectivity index (χ4n) is 4.19. The van der Waals surface area contributed by atoms with E-state index >= 15 is 0 Å². The number of hydrogen-bond donors (Lipinski definition) is 0. The van der Waals surface area contributed by atoms with Gasteiger partial charge in [-0.3, -0.25) is 19.1 Å². The molecule has 2 saturated heterocycles. The minimum absolute atomic E-state index is 0.108. The van der Waals surface area contributed by atoms with Crippen LogP contribution in [0.4, 0.5) is 5.82 Å². The molecular formula is C23H30N4O2S2. The van der Waals surface area contributed by atoms with Crippen molar-refractivity contribution in [1.82, 2.24) is 9.47 Å². The Kier molecular flexibility index (Phi) is 7.95. The van der Waals surface area contributed by atoms with Gasteiger partial charge in [0.15, 0.2) is 0 Å². The molecule has 2 aliphatic heterocycles. The highest BCUT2D eigenvalue weighted by Crippen LogP contribution is 2.36. The van der Waals surface area contributed by atoms with Gasteiger partial charge in [0.2, 0.25) is 0 Å². The van der Waals surface area contributed by atoms with E-state index < -0.39 is 0 Å². The summed E-state index contributed by atoms with van der Waals surface area (Å²) < 4.78 is 2.32. The SMILES string of the molecule is CCCCn1c(N2CCCCCC2)c(/C=C2\SC(=S)N(CC)C2=O)c(C)c(C#N)c1=O. The van der Waals surface area contributed by atoms with E-state index in [0.717, 1.165) is 50.2 Å². The van der Waals surface area contributed by atoms with Crippen LogP contribution < -0.4 is 10.5 Å². The number of amides is 1. The Morgan fingerprint density at radius 2 is 1.84 bits per heavy atom. The number of likely N-dealkylation sites (N-methyl/N-ethyl adjacent to an activating group) is 1. The summed E-state index contributed by atoms with van der Waals surface area (Å²) in [5.74, 6) is 0.738. The number of aromatic nitrogens is 1. The second kappa shape index (κ2) is 10.5. The lowest BCUT2D eigenvalue weighted by atomic mass is 10.0. The second-order valence-electron chi connectivity index (χ2n) is 7.99. The normalized spacial score (nSPS) is 18.6. The van der Waals surface area contributed by atoms with Gasteiger partial charge in [-0.05, 0) is 44.7 Å². The predicted octanol–water partition coefficient (Wildman–Crippen LogP) is 4.43. The monoisotopic (exact) mass is 458 g/mol. The van der Waals surface area contributed by atoms with Crippen LogP contribution in [-0.2, 0) is 11.3 Å². The molecule has 0 unspecified atom stereocenters.